The number of halogens is 1. The first-order chi connectivity index (χ1) is 19.5. The number of fused-ring (bicyclic) bond motifs is 1. The van der Waals surface area contributed by atoms with Crippen LogP contribution in [0.15, 0.2) is 72.4 Å². The number of aromatic hydroxyl groups is 1. The highest BCUT2D eigenvalue weighted by Gasteiger charge is 2.24. The standard InChI is InChI=1S/C29H29ClN6O3S/c30-20-6-8-24(9-7-20)39-18-23(38)17-35-12-2-4-21(16-35)32-28-31-11-10-25(33-28)27-26(19-3-1-5-22(37)15-19)34-29-36(27)13-14-40-29/h1,3,5-11,13-15,21,23,37-38H,2,4,12,16-18H2,(H,31,32,33)/t21-,23?/m1/s1. The van der Waals surface area contributed by atoms with Crippen LogP contribution in [0, 0.1) is 0 Å². The molecule has 2 atom stereocenters. The van der Waals surface area contributed by atoms with Gasteiger partial charge in [0.15, 0.2) is 4.96 Å². The summed E-state index contributed by atoms with van der Waals surface area (Å²) in [5, 5.41) is 26.8. The predicted octanol–water partition coefficient (Wildman–Crippen LogP) is 5.20. The fourth-order valence-corrected chi connectivity index (χ4v) is 5.88. The Kier molecular flexibility index (Phi) is 7.83. The lowest BCUT2D eigenvalue weighted by molar-refractivity contribution is 0.0599. The third-order valence-electron chi connectivity index (χ3n) is 6.84. The number of β-amino-alcohol motifs (C(OH)–C–C–N with tert-alkyl or cyclic N) is 1. The Balaban J connectivity index is 1.13. The maximum atomic E-state index is 10.6. The number of hydrogen-bond donors (Lipinski definition) is 3. The molecule has 6 rings (SSSR count). The fourth-order valence-electron chi connectivity index (χ4n) is 5.04. The highest BCUT2D eigenvalue weighted by atomic mass is 35.5. The number of ether oxygens (including phenoxy) is 1. The van der Waals surface area contributed by atoms with Gasteiger partial charge in [-0.05, 0) is 61.9 Å². The van der Waals surface area contributed by atoms with Crippen molar-refractivity contribution >= 4 is 33.8 Å². The number of thiazole rings is 1. The molecular weight excluding hydrogens is 548 g/mol. The summed E-state index contributed by atoms with van der Waals surface area (Å²) in [6.07, 6.45) is 5.10. The Morgan fingerprint density at radius 3 is 2.88 bits per heavy atom. The number of aliphatic hydroxyl groups is 1. The largest absolute Gasteiger partial charge is 0.508 e. The predicted molar refractivity (Wildman–Crippen MR) is 157 cm³/mol. The van der Waals surface area contributed by atoms with Crippen LogP contribution in [0.25, 0.3) is 27.6 Å². The minimum atomic E-state index is -0.611. The Hall–Kier alpha value is -3.70. The SMILES string of the molecule is Oc1cccc(-c2nc3sccn3c2-c2ccnc(N[C@@H]3CCCN(CC(O)COc4ccc(Cl)cc4)C3)n2)c1. The van der Waals surface area contributed by atoms with Crippen LogP contribution in [0.1, 0.15) is 12.8 Å². The summed E-state index contributed by atoms with van der Waals surface area (Å²) in [5.41, 5.74) is 3.16. The van der Waals surface area contributed by atoms with Gasteiger partial charge in [0, 0.05) is 47.5 Å². The molecule has 9 nitrogen and oxygen atoms in total. The number of benzene rings is 2. The van der Waals surface area contributed by atoms with Crippen molar-refractivity contribution < 1.29 is 14.9 Å². The van der Waals surface area contributed by atoms with Gasteiger partial charge in [0.2, 0.25) is 5.95 Å². The van der Waals surface area contributed by atoms with Crippen molar-refractivity contribution in [2.75, 3.05) is 31.6 Å². The van der Waals surface area contributed by atoms with Gasteiger partial charge >= 0.3 is 0 Å². The number of phenols is 1. The first-order valence-corrected chi connectivity index (χ1v) is 14.4. The molecule has 206 valence electrons. The average molecular weight is 577 g/mol. The summed E-state index contributed by atoms with van der Waals surface area (Å²) in [7, 11) is 0. The van der Waals surface area contributed by atoms with Crippen molar-refractivity contribution in [2.45, 2.75) is 25.0 Å². The van der Waals surface area contributed by atoms with Crippen LogP contribution in [0.3, 0.4) is 0 Å². The summed E-state index contributed by atoms with van der Waals surface area (Å²) in [4.78, 5) is 17.3. The normalized spacial score (nSPS) is 16.7. The van der Waals surface area contributed by atoms with E-state index in [1.165, 1.54) is 0 Å². The van der Waals surface area contributed by atoms with Gasteiger partial charge in [-0.3, -0.25) is 9.30 Å². The number of rotatable bonds is 9. The molecule has 3 N–H and O–H groups in total. The molecule has 1 fully saturated rings. The van der Waals surface area contributed by atoms with E-state index in [0.717, 1.165) is 53.5 Å². The number of aliphatic hydroxyl groups excluding tert-OH is 1. The van der Waals surface area contributed by atoms with Gasteiger partial charge in [-0.1, -0.05) is 23.7 Å². The Bertz CT molecular complexity index is 1590. The highest BCUT2D eigenvalue weighted by molar-refractivity contribution is 7.15. The smallest absolute Gasteiger partial charge is 0.223 e. The molecule has 0 amide bonds. The summed E-state index contributed by atoms with van der Waals surface area (Å²) in [5.74, 6) is 1.42. The zero-order chi connectivity index (χ0) is 27.5. The summed E-state index contributed by atoms with van der Waals surface area (Å²) in [6, 6.07) is 16.2. The Morgan fingerprint density at radius 2 is 2.02 bits per heavy atom. The number of anilines is 1. The van der Waals surface area contributed by atoms with Crippen LogP contribution in [0.2, 0.25) is 5.02 Å². The van der Waals surface area contributed by atoms with Crippen LogP contribution in [0.4, 0.5) is 5.95 Å². The monoisotopic (exact) mass is 576 g/mol. The van der Waals surface area contributed by atoms with E-state index in [4.69, 9.17) is 26.3 Å². The molecule has 3 aromatic heterocycles. The van der Waals surface area contributed by atoms with E-state index in [9.17, 15) is 10.2 Å². The number of likely N-dealkylation sites (tertiary alicyclic amines) is 1. The van der Waals surface area contributed by atoms with Crippen LogP contribution < -0.4 is 10.1 Å². The lowest BCUT2D eigenvalue weighted by Crippen LogP contribution is -2.46. The topological polar surface area (TPSA) is 108 Å². The molecule has 1 saturated heterocycles. The van der Waals surface area contributed by atoms with Crippen LogP contribution >= 0.6 is 22.9 Å². The van der Waals surface area contributed by atoms with Crippen molar-refractivity contribution in [3.05, 3.63) is 77.4 Å². The number of nitrogens with zero attached hydrogens (tertiary/aromatic N) is 5. The first-order valence-electron chi connectivity index (χ1n) is 13.2. The van der Waals surface area contributed by atoms with E-state index in [1.807, 2.05) is 34.2 Å². The summed E-state index contributed by atoms with van der Waals surface area (Å²) in [6.45, 7) is 2.41. The maximum absolute atomic E-state index is 10.6. The second-order valence-electron chi connectivity index (χ2n) is 9.84. The second kappa shape index (κ2) is 11.8. The molecule has 0 aliphatic carbocycles. The van der Waals surface area contributed by atoms with Gasteiger partial charge < -0.3 is 20.3 Å². The summed E-state index contributed by atoms with van der Waals surface area (Å²) >= 11 is 7.47. The van der Waals surface area contributed by atoms with Gasteiger partial charge in [0.1, 0.15) is 29.9 Å². The molecule has 1 aliphatic rings. The van der Waals surface area contributed by atoms with Crippen molar-refractivity contribution in [3.63, 3.8) is 0 Å². The molecule has 2 aromatic carbocycles. The molecule has 0 saturated carbocycles. The van der Waals surface area contributed by atoms with E-state index in [2.05, 4.69) is 15.2 Å². The lowest BCUT2D eigenvalue weighted by Gasteiger charge is -2.34. The molecule has 11 heteroatoms. The van der Waals surface area contributed by atoms with Crippen LogP contribution in [-0.2, 0) is 0 Å². The Morgan fingerprint density at radius 1 is 1.15 bits per heavy atom. The van der Waals surface area contributed by atoms with E-state index < -0.39 is 6.10 Å². The average Bonchev–Trinajstić information content (AvgIpc) is 3.55. The number of phenolic OH excluding ortho intramolecular Hbond substituents is 1. The van der Waals surface area contributed by atoms with Gasteiger partial charge in [-0.15, -0.1) is 11.3 Å². The molecule has 4 heterocycles. The van der Waals surface area contributed by atoms with E-state index in [0.29, 0.717) is 23.3 Å². The third-order valence-corrected chi connectivity index (χ3v) is 7.85. The zero-order valence-corrected chi connectivity index (χ0v) is 23.2. The summed E-state index contributed by atoms with van der Waals surface area (Å²) < 4.78 is 7.74. The molecule has 1 aliphatic heterocycles. The zero-order valence-electron chi connectivity index (χ0n) is 21.7. The number of aromatic nitrogens is 4. The molecule has 0 radical (unpaired) electrons. The van der Waals surface area contributed by atoms with Gasteiger partial charge in [0.05, 0.1) is 11.4 Å². The number of imidazole rings is 1. The molecule has 0 bridgehead atoms. The highest BCUT2D eigenvalue weighted by Crippen LogP contribution is 2.34. The minimum Gasteiger partial charge on any atom is -0.508 e. The number of nitrogens with one attached hydrogen (secondary N) is 1. The van der Waals surface area contributed by atoms with Gasteiger partial charge in [-0.25, -0.2) is 15.0 Å². The van der Waals surface area contributed by atoms with Gasteiger partial charge in [-0.2, -0.15) is 0 Å². The Labute approximate surface area is 240 Å². The molecular formula is C29H29ClN6O3S. The van der Waals surface area contributed by atoms with Crippen molar-refractivity contribution in [1.82, 2.24) is 24.3 Å². The molecule has 40 heavy (non-hydrogen) atoms. The van der Waals surface area contributed by atoms with E-state index >= 15 is 0 Å². The quantitative estimate of drug-likeness (QED) is 0.220. The maximum Gasteiger partial charge on any atom is 0.223 e. The van der Waals surface area contributed by atoms with Crippen molar-refractivity contribution in [3.8, 4) is 34.1 Å². The van der Waals surface area contributed by atoms with Crippen molar-refractivity contribution in [1.29, 1.82) is 0 Å². The lowest BCUT2D eigenvalue weighted by atomic mass is 10.1. The van der Waals surface area contributed by atoms with Crippen LogP contribution in [0.5, 0.6) is 11.5 Å². The molecule has 5 aromatic rings. The fraction of sp³-hybridized carbons (Fsp3) is 0.276. The number of piperidine rings is 1. The van der Waals surface area contributed by atoms with Crippen molar-refractivity contribution in [2.24, 2.45) is 0 Å². The molecule has 1 unspecified atom stereocenters. The van der Waals surface area contributed by atoms with Crippen LogP contribution in [-0.4, -0.2) is 72.9 Å². The van der Waals surface area contributed by atoms with E-state index in [1.54, 1.807) is 53.9 Å². The van der Waals surface area contributed by atoms with E-state index in [-0.39, 0.29) is 18.4 Å². The number of hydrogen-bond acceptors (Lipinski definition) is 9. The molecule has 0 spiro atoms. The minimum absolute atomic E-state index is 0.144. The first kappa shape index (κ1) is 26.5. The third kappa shape index (κ3) is 6.05. The second-order valence-corrected chi connectivity index (χ2v) is 11.2. The van der Waals surface area contributed by atoms with Gasteiger partial charge in [0.25, 0.3) is 0 Å².